The number of aliphatic carboxylic acids is 1. The molecule has 0 heterocycles. The number of carboxylic acid groups (broad SMARTS) is 1. The van der Waals surface area contributed by atoms with Crippen LogP contribution in [0.2, 0.25) is 10.0 Å². The van der Waals surface area contributed by atoms with E-state index in [4.69, 9.17) is 33.1 Å². The van der Waals surface area contributed by atoms with Gasteiger partial charge in [-0.05, 0) is 84.5 Å². The van der Waals surface area contributed by atoms with Crippen molar-refractivity contribution in [2.75, 3.05) is 6.54 Å². The fourth-order valence-corrected chi connectivity index (χ4v) is 4.98. The zero-order valence-electron chi connectivity index (χ0n) is 21.1. The Morgan fingerprint density at radius 1 is 0.949 bits per heavy atom. The van der Waals surface area contributed by atoms with Gasteiger partial charge in [-0.25, -0.2) is 0 Å². The zero-order chi connectivity index (χ0) is 28.4. The van der Waals surface area contributed by atoms with Gasteiger partial charge in [-0.1, -0.05) is 71.7 Å². The number of benzene rings is 3. The molecule has 3 aromatic rings. The first-order valence-corrected chi connectivity index (χ1v) is 13.4. The average Bonchev–Trinajstić information content (AvgIpc) is 3.31. The minimum atomic E-state index is -5.19. The second-order valence-corrected chi connectivity index (χ2v) is 10.4. The maximum Gasteiger partial charge on any atom is 0.430 e. The average molecular weight is 579 g/mol. The van der Waals surface area contributed by atoms with Gasteiger partial charge in [0, 0.05) is 28.9 Å². The molecule has 3 aromatic carbocycles. The van der Waals surface area contributed by atoms with E-state index in [2.05, 4.69) is 29.6 Å². The van der Waals surface area contributed by atoms with E-state index in [9.17, 15) is 18.0 Å². The highest BCUT2D eigenvalue weighted by Gasteiger charge is 2.28. The molecule has 2 atom stereocenters. The van der Waals surface area contributed by atoms with E-state index in [0.29, 0.717) is 18.9 Å². The smallest absolute Gasteiger partial charge is 0.430 e. The van der Waals surface area contributed by atoms with E-state index in [1.165, 1.54) is 35.1 Å². The lowest BCUT2D eigenvalue weighted by atomic mass is 9.91. The topological polar surface area (TPSA) is 69.2 Å². The van der Waals surface area contributed by atoms with Crippen LogP contribution in [0.1, 0.15) is 59.8 Å². The van der Waals surface area contributed by atoms with Gasteiger partial charge >= 0.3 is 6.18 Å². The molecule has 4 nitrogen and oxygen atoms in total. The van der Waals surface area contributed by atoms with Crippen LogP contribution < -0.4 is 10.4 Å². The standard InChI is InChI=1S/C28H29Cl2NO.C2HF3O2/c29-25-14-8-20(9-15-25)18-24(21-12-16-26(30)17-13-21)19-31-28(32)7-3-5-23-11-10-22-4-1-2-6-27(22)23;3-2(4,5)1(6)7/h1-2,4,6,8-9,12-17,23-24H,3,5,7,10-11,18-19H2,(H,31,32);(H,6,7)/p-1/t23?,24-;/m0./s1. The minimum Gasteiger partial charge on any atom is -0.542 e. The van der Waals surface area contributed by atoms with Gasteiger partial charge in [-0.2, -0.15) is 13.2 Å². The number of carboxylic acids is 1. The van der Waals surface area contributed by atoms with Gasteiger partial charge in [-0.15, -0.1) is 0 Å². The number of hydrogen-bond donors (Lipinski definition) is 1. The first kappa shape index (κ1) is 30.5. The van der Waals surface area contributed by atoms with Crippen molar-refractivity contribution in [1.29, 1.82) is 0 Å². The van der Waals surface area contributed by atoms with Gasteiger partial charge in [0.1, 0.15) is 5.97 Å². The summed E-state index contributed by atoms with van der Waals surface area (Å²) in [5, 5.41) is 13.4. The molecule has 0 bridgehead atoms. The van der Waals surface area contributed by atoms with Crippen LogP contribution in [0, 0.1) is 0 Å². The summed E-state index contributed by atoms with van der Waals surface area (Å²) in [6.07, 6.45) is 0.593. The molecule has 9 heteroatoms. The van der Waals surface area contributed by atoms with Crippen LogP contribution in [0.4, 0.5) is 13.2 Å². The first-order valence-electron chi connectivity index (χ1n) is 12.7. The predicted molar refractivity (Wildman–Crippen MR) is 145 cm³/mol. The van der Waals surface area contributed by atoms with E-state index < -0.39 is 12.1 Å². The van der Waals surface area contributed by atoms with Gasteiger partial charge in [0.15, 0.2) is 0 Å². The second kappa shape index (κ2) is 14.4. The van der Waals surface area contributed by atoms with E-state index in [1.54, 1.807) is 0 Å². The van der Waals surface area contributed by atoms with Crippen LogP contribution in [0.15, 0.2) is 72.8 Å². The summed E-state index contributed by atoms with van der Waals surface area (Å²) in [6, 6.07) is 24.6. The SMILES string of the molecule is O=C(CCCC1CCc2ccccc21)NC[C@H](Cc1ccc(Cl)cc1)c1ccc(Cl)cc1.O=C([O-])C(F)(F)F. The number of carbonyl (C=O) groups is 2. The second-order valence-electron chi connectivity index (χ2n) is 9.49. The van der Waals surface area contributed by atoms with Gasteiger partial charge in [0.2, 0.25) is 5.91 Å². The number of aryl methyl sites for hydroxylation is 1. The molecule has 0 radical (unpaired) electrons. The summed E-state index contributed by atoms with van der Waals surface area (Å²) in [4.78, 5) is 21.4. The van der Waals surface area contributed by atoms with Crippen molar-refractivity contribution < 1.29 is 27.9 Å². The number of halogens is 5. The molecule has 1 aliphatic carbocycles. The summed E-state index contributed by atoms with van der Waals surface area (Å²) in [5.74, 6) is -2.09. The summed E-state index contributed by atoms with van der Waals surface area (Å²) in [5.41, 5.74) is 5.34. The number of fused-ring (bicyclic) bond motifs is 1. The molecule has 1 N–H and O–H groups in total. The fourth-order valence-electron chi connectivity index (χ4n) is 4.73. The van der Waals surface area contributed by atoms with E-state index in [1.807, 2.05) is 48.5 Å². The highest BCUT2D eigenvalue weighted by atomic mass is 35.5. The Morgan fingerprint density at radius 2 is 1.54 bits per heavy atom. The normalized spacial score (nSPS) is 15.1. The molecule has 208 valence electrons. The van der Waals surface area contributed by atoms with Crippen LogP contribution >= 0.6 is 23.2 Å². The Balaban J connectivity index is 0.000000532. The lowest BCUT2D eigenvalue weighted by molar-refractivity contribution is -0.344. The highest BCUT2D eigenvalue weighted by molar-refractivity contribution is 6.30. The molecule has 0 spiro atoms. The van der Waals surface area contributed by atoms with Crippen molar-refractivity contribution in [3.8, 4) is 0 Å². The van der Waals surface area contributed by atoms with Crippen LogP contribution in [-0.2, 0) is 22.4 Å². The monoisotopic (exact) mass is 578 g/mol. The zero-order valence-corrected chi connectivity index (χ0v) is 22.7. The van der Waals surface area contributed by atoms with E-state index in [-0.39, 0.29) is 11.8 Å². The van der Waals surface area contributed by atoms with Gasteiger partial charge in [0.05, 0.1) is 0 Å². The molecule has 4 rings (SSSR count). The maximum absolute atomic E-state index is 12.6. The molecule has 1 aliphatic rings. The Labute approximate surface area is 236 Å². The summed E-state index contributed by atoms with van der Waals surface area (Å²) < 4.78 is 31.5. The Morgan fingerprint density at radius 3 is 2.15 bits per heavy atom. The lowest BCUT2D eigenvalue weighted by Gasteiger charge is -2.19. The quantitative estimate of drug-likeness (QED) is 0.309. The Hall–Kier alpha value is -3.03. The van der Waals surface area contributed by atoms with Crippen molar-refractivity contribution in [1.82, 2.24) is 5.32 Å². The third-order valence-electron chi connectivity index (χ3n) is 6.73. The summed E-state index contributed by atoms with van der Waals surface area (Å²) in [7, 11) is 0. The first-order chi connectivity index (χ1) is 18.5. The van der Waals surface area contributed by atoms with Crippen molar-refractivity contribution >= 4 is 35.1 Å². The molecule has 0 aromatic heterocycles. The highest BCUT2D eigenvalue weighted by Crippen LogP contribution is 2.36. The molecule has 0 saturated heterocycles. The molecule has 0 fully saturated rings. The maximum atomic E-state index is 12.6. The van der Waals surface area contributed by atoms with Crippen LogP contribution in [0.5, 0.6) is 0 Å². The van der Waals surface area contributed by atoms with Crippen LogP contribution in [-0.4, -0.2) is 24.6 Å². The summed E-state index contributed by atoms with van der Waals surface area (Å²) in [6.45, 7) is 0.607. The number of alkyl halides is 3. The van der Waals surface area contributed by atoms with Crippen molar-refractivity contribution in [2.24, 2.45) is 0 Å². The molecule has 0 aliphatic heterocycles. The molecule has 39 heavy (non-hydrogen) atoms. The van der Waals surface area contributed by atoms with E-state index in [0.717, 1.165) is 29.3 Å². The summed E-state index contributed by atoms with van der Waals surface area (Å²) >= 11 is 12.1. The lowest BCUT2D eigenvalue weighted by Crippen LogP contribution is -2.37. The number of nitrogens with one attached hydrogen (secondary N) is 1. The predicted octanol–water partition coefficient (Wildman–Crippen LogP) is 6.63. The number of hydrogen-bond acceptors (Lipinski definition) is 3. The van der Waals surface area contributed by atoms with Crippen molar-refractivity contribution in [2.45, 2.75) is 56.5 Å². The number of amides is 1. The van der Waals surface area contributed by atoms with Gasteiger partial charge in [0.25, 0.3) is 0 Å². The third kappa shape index (κ3) is 9.90. The van der Waals surface area contributed by atoms with Crippen LogP contribution in [0.3, 0.4) is 0 Å². The largest absolute Gasteiger partial charge is 0.542 e. The van der Waals surface area contributed by atoms with Gasteiger partial charge < -0.3 is 15.2 Å². The molecule has 1 amide bonds. The van der Waals surface area contributed by atoms with Crippen LogP contribution in [0.25, 0.3) is 0 Å². The number of rotatable bonds is 9. The van der Waals surface area contributed by atoms with Gasteiger partial charge in [-0.3, -0.25) is 4.79 Å². The molecular weight excluding hydrogens is 550 g/mol. The molecule has 1 unspecified atom stereocenters. The Kier molecular flexibility index (Phi) is 11.3. The minimum absolute atomic E-state index is 0.131. The fraction of sp³-hybridized carbons (Fsp3) is 0.333. The van der Waals surface area contributed by atoms with Crippen molar-refractivity contribution in [3.63, 3.8) is 0 Å². The third-order valence-corrected chi connectivity index (χ3v) is 7.23. The molecule has 0 saturated carbocycles. The number of carbonyl (C=O) groups excluding carboxylic acids is 2. The Bertz CT molecular complexity index is 1230. The molecular formula is C30H29Cl2F3NO3-. The van der Waals surface area contributed by atoms with Crippen molar-refractivity contribution in [3.05, 3.63) is 105 Å². The van der Waals surface area contributed by atoms with E-state index >= 15 is 0 Å².